The van der Waals surface area contributed by atoms with Gasteiger partial charge in [0.05, 0.1) is 0 Å². The Morgan fingerprint density at radius 2 is 1.35 bits per heavy atom. The van der Waals surface area contributed by atoms with Crippen molar-refractivity contribution in [3.63, 3.8) is 0 Å². The Balaban J connectivity index is 2.04. The highest BCUT2D eigenvalue weighted by atomic mass is 16.3. The van der Waals surface area contributed by atoms with Crippen molar-refractivity contribution in [2.75, 3.05) is 0 Å². The van der Waals surface area contributed by atoms with E-state index in [2.05, 4.69) is 4.98 Å². The van der Waals surface area contributed by atoms with Crippen LogP contribution < -0.4 is 5.73 Å². The predicted octanol–water partition coefficient (Wildman–Crippen LogP) is 2.47. The highest BCUT2D eigenvalue weighted by Crippen LogP contribution is 2.31. The highest BCUT2D eigenvalue weighted by Gasteiger charge is 2.37. The minimum Gasteiger partial charge on any atom is -0.372 e. The monoisotopic (exact) mass is 304 g/mol. The number of carbonyl (C=O) groups excluding carboxylic acids is 1. The van der Waals surface area contributed by atoms with Gasteiger partial charge in [0, 0.05) is 12.4 Å². The second-order valence-electron chi connectivity index (χ2n) is 5.25. The lowest BCUT2D eigenvalue weighted by Crippen LogP contribution is -2.42. The van der Waals surface area contributed by atoms with Crippen LogP contribution in [-0.2, 0) is 10.4 Å². The predicted molar refractivity (Wildman–Crippen MR) is 88.3 cm³/mol. The van der Waals surface area contributed by atoms with Gasteiger partial charge in [-0.3, -0.25) is 9.78 Å². The Kier molecular flexibility index (Phi) is 3.91. The van der Waals surface area contributed by atoms with Crippen molar-refractivity contribution in [1.82, 2.24) is 4.98 Å². The van der Waals surface area contributed by atoms with Crippen LogP contribution in [0.4, 0.5) is 0 Å². The lowest BCUT2D eigenvalue weighted by atomic mass is 9.85. The molecule has 3 N–H and O–H groups in total. The summed E-state index contributed by atoms with van der Waals surface area (Å²) in [5.74, 6) is -0.805. The van der Waals surface area contributed by atoms with Crippen molar-refractivity contribution in [3.05, 3.63) is 90.3 Å². The Morgan fingerprint density at radius 1 is 0.826 bits per heavy atom. The molecule has 0 spiro atoms. The molecule has 0 fully saturated rings. The molecule has 4 heteroatoms. The molecule has 1 aromatic heterocycles. The molecular formula is C19H16N2O2. The van der Waals surface area contributed by atoms with E-state index in [9.17, 15) is 9.90 Å². The van der Waals surface area contributed by atoms with Crippen molar-refractivity contribution in [1.29, 1.82) is 0 Å². The van der Waals surface area contributed by atoms with Gasteiger partial charge in [-0.2, -0.15) is 0 Å². The van der Waals surface area contributed by atoms with Crippen LogP contribution in [0.2, 0.25) is 0 Å². The molecule has 1 atom stereocenters. The number of hydrogen-bond donors (Lipinski definition) is 2. The zero-order chi connectivity index (χ0) is 16.3. The normalized spacial score (nSPS) is 13.3. The van der Waals surface area contributed by atoms with Crippen LogP contribution in [0.15, 0.2) is 79.1 Å². The maximum atomic E-state index is 11.9. The first-order chi connectivity index (χ1) is 11.1. The van der Waals surface area contributed by atoms with Crippen molar-refractivity contribution in [3.8, 4) is 11.1 Å². The fourth-order valence-corrected chi connectivity index (χ4v) is 2.58. The summed E-state index contributed by atoms with van der Waals surface area (Å²) in [4.78, 5) is 15.9. The smallest absolute Gasteiger partial charge is 0.258 e. The van der Waals surface area contributed by atoms with Crippen molar-refractivity contribution in [2.24, 2.45) is 5.73 Å². The number of carbonyl (C=O) groups is 1. The number of benzene rings is 2. The van der Waals surface area contributed by atoms with Gasteiger partial charge in [0.25, 0.3) is 5.91 Å². The molecule has 0 aliphatic rings. The Hall–Kier alpha value is -2.98. The Morgan fingerprint density at radius 3 is 1.91 bits per heavy atom. The molecule has 114 valence electrons. The van der Waals surface area contributed by atoms with Gasteiger partial charge >= 0.3 is 0 Å². The lowest BCUT2D eigenvalue weighted by molar-refractivity contribution is -0.133. The van der Waals surface area contributed by atoms with Gasteiger partial charge in [0.15, 0.2) is 5.60 Å². The summed E-state index contributed by atoms with van der Waals surface area (Å²) in [5.41, 5.74) is 6.50. The molecule has 3 rings (SSSR count). The first-order valence-electron chi connectivity index (χ1n) is 7.21. The molecule has 1 unspecified atom stereocenters. The van der Waals surface area contributed by atoms with Crippen LogP contribution in [0.5, 0.6) is 0 Å². The maximum absolute atomic E-state index is 11.9. The van der Waals surface area contributed by atoms with E-state index in [1.54, 1.807) is 48.8 Å². The number of hydrogen-bond acceptors (Lipinski definition) is 3. The second-order valence-corrected chi connectivity index (χ2v) is 5.25. The summed E-state index contributed by atoms with van der Waals surface area (Å²) in [5, 5.41) is 10.9. The van der Waals surface area contributed by atoms with Crippen LogP contribution >= 0.6 is 0 Å². The van der Waals surface area contributed by atoms with Gasteiger partial charge in [0.1, 0.15) is 0 Å². The quantitative estimate of drug-likeness (QED) is 0.777. The lowest BCUT2D eigenvalue weighted by Gasteiger charge is -2.26. The number of rotatable bonds is 4. The van der Waals surface area contributed by atoms with Crippen LogP contribution in [0.1, 0.15) is 11.1 Å². The average molecular weight is 304 g/mol. The van der Waals surface area contributed by atoms with E-state index >= 15 is 0 Å². The maximum Gasteiger partial charge on any atom is 0.258 e. The topological polar surface area (TPSA) is 76.2 Å². The molecule has 0 saturated carbocycles. The number of pyridine rings is 1. The van der Waals surface area contributed by atoms with Crippen LogP contribution in [0.3, 0.4) is 0 Å². The standard InChI is InChI=1S/C19H16N2O2/c20-18(22)19(23,16-4-2-1-3-5-16)17-8-6-14(7-9-17)15-10-12-21-13-11-15/h1-13,23H,(H2,20,22). The van der Waals surface area contributed by atoms with E-state index in [0.29, 0.717) is 11.1 Å². The summed E-state index contributed by atoms with van der Waals surface area (Å²) < 4.78 is 0. The van der Waals surface area contributed by atoms with Crippen molar-refractivity contribution < 1.29 is 9.90 Å². The van der Waals surface area contributed by atoms with Crippen LogP contribution in [0.25, 0.3) is 11.1 Å². The third kappa shape index (κ3) is 2.72. The fraction of sp³-hybridized carbons (Fsp3) is 0.0526. The molecule has 3 aromatic rings. The molecule has 0 radical (unpaired) electrons. The van der Waals surface area contributed by atoms with Crippen LogP contribution in [-0.4, -0.2) is 16.0 Å². The van der Waals surface area contributed by atoms with E-state index in [0.717, 1.165) is 11.1 Å². The third-order valence-corrected chi connectivity index (χ3v) is 3.86. The van der Waals surface area contributed by atoms with E-state index in [1.165, 1.54) is 0 Å². The summed E-state index contributed by atoms with van der Waals surface area (Å²) in [6.45, 7) is 0. The number of nitrogens with zero attached hydrogens (tertiary/aromatic N) is 1. The summed E-state index contributed by atoms with van der Waals surface area (Å²) in [6.07, 6.45) is 3.43. The van der Waals surface area contributed by atoms with Gasteiger partial charge in [-0.15, -0.1) is 0 Å². The van der Waals surface area contributed by atoms with Gasteiger partial charge < -0.3 is 10.8 Å². The molecule has 0 aliphatic heterocycles. The van der Waals surface area contributed by atoms with E-state index in [1.807, 2.05) is 30.3 Å². The summed E-state index contributed by atoms with van der Waals surface area (Å²) in [6, 6.07) is 19.6. The number of primary amides is 1. The minimum atomic E-state index is -1.85. The first-order valence-corrected chi connectivity index (χ1v) is 7.21. The van der Waals surface area contributed by atoms with E-state index in [-0.39, 0.29) is 0 Å². The minimum absolute atomic E-state index is 0.439. The fourth-order valence-electron chi connectivity index (χ4n) is 2.58. The van der Waals surface area contributed by atoms with Crippen molar-refractivity contribution in [2.45, 2.75) is 5.60 Å². The SMILES string of the molecule is NC(=O)C(O)(c1ccccc1)c1ccc(-c2ccncc2)cc1. The van der Waals surface area contributed by atoms with E-state index in [4.69, 9.17) is 5.73 Å². The number of aliphatic hydroxyl groups is 1. The molecule has 23 heavy (non-hydrogen) atoms. The molecule has 4 nitrogen and oxygen atoms in total. The first kappa shape index (κ1) is 14.9. The molecule has 0 bridgehead atoms. The van der Waals surface area contributed by atoms with Crippen LogP contribution in [0, 0.1) is 0 Å². The second kappa shape index (κ2) is 6.02. The summed E-state index contributed by atoms with van der Waals surface area (Å²) in [7, 11) is 0. The number of amides is 1. The van der Waals surface area contributed by atoms with Gasteiger partial charge in [-0.1, -0.05) is 54.6 Å². The van der Waals surface area contributed by atoms with Gasteiger partial charge in [-0.05, 0) is 34.4 Å². The number of aromatic nitrogens is 1. The van der Waals surface area contributed by atoms with Gasteiger partial charge in [-0.25, -0.2) is 0 Å². The molecule has 2 aromatic carbocycles. The average Bonchev–Trinajstić information content (AvgIpc) is 2.62. The molecule has 0 saturated heterocycles. The Bertz CT molecular complexity index is 802. The number of nitrogens with two attached hydrogens (primary N) is 1. The zero-order valence-electron chi connectivity index (χ0n) is 12.4. The summed E-state index contributed by atoms with van der Waals surface area (Å²) >= 11 is 0. The Labute approximate surface area is 134 Å². The molecule has 1 heterocycles. The zero-order valence-corrected chi connectivity index (χ0v) is 12.4. The van der Waals surface area contributed by atoms with E-state index < -0.39 is 11.5 Å². The van der Waals surface area contributed by atoms with Crippen molar-refractivity contribution >= 4 is 5.91 Å². The largest absolute Gasteiger partial charge is 0.372 e. The molecule has 1 amide bonds. The van der Waals surface area contributed by atoms with Gasteiger partial charge in [0.2, 0.25) is 0 Å². The third-order valence-electron chi connectivity index (χ3n) is 3.86. The molecule has 0 aliphatic carbocycles. The molecular weight excluding hydrogens is 288 g/mol. The highest BCUT2D eigenvalue weighted by molar-refractivity contribution is 5.88.